The number of ether oxygens (including phenoxy) is 2. The number of hydrogen-bond acceptors (Lipinski definition) is 7. The molecule has 0 heterocycles. The average Bonchev–Trinajstić information content (AvgIpc) is 2.52. The molecule has 8 nitrogen and oxygen atoms in total. The van der Waals surface area contributed by atoms with Crippen molar-refractivity contribution in [1.29, 1.82) is 0 Å². The summed E-state index contributed by atoms with van der Waals surface area (Å²) in [7, 11) is -3.91. The summed E-state index contributed by atoms with van der Waals surface area (Å²) in [6.45, 7) is 5.24. The maximum atomic E-state index is 12.4. The predicted molar refractivity (Wildman–Crippen MR) is 86.3 cm³/mol. The largest absolute Gasteiger partial charge is 0.479 e. The van der Waals surface area contributed by atoms with E-state index in [1.807, 2.05) is 0 Å². The number of sulfone groups is 1. The molecule has 0 saturated carbocycles. The molecule has 0 spiro atoms. The zero-order valence-corrected chi connectivity index (χ0v) is 14.5. The average molecular weight is 370 g/mol. The molecule has 25 heavy (non-hydrogen) atoms. The topological polar surface area (TPSA) is 124 Å². The fraction of sp³-hybridized carbons (Fsp3) is 0.312. The molecule has 0 fully saturated rings. The molecular weight excluding hydrogens is 352 g/mol. The third kappa shape index (κ3) is 5.71. The van der Waals surface area contributed by atoms with Crippen LogP contribution in [0.25, 0.3) is 0 Å². The van der Waals surface area contributed by atoms with Crippen molar-refractivity contribution in [3.05, 3.63) is 42.0 Å². The van der Waals surface area contributed by atoms with Gasteiger partial charge in [0, 0.05) is 5.57 Å². The number of benzene rings is 1. The van der Waals surface area contributed by atoms with E-state index in [1.165, 1.54) is 13.0 Å². The highest BCUT2D eigenvalue weighted by molar-refractivity contribution is 7.92. The van der Waals surface area contributed by atoms with E-state index >= 15 is 0 Å². The molecule has 0 aliphatic rings. The molecule has 1 aromatic carbocycles. The van der Waals surface area contributed by atoms with E-state index in [0.717, 1.165) is 0 Å². The molecule has 0 amide bonds. The first-order valence-electron chi connectivity index (χ1n) is 7.11. The Morgan fingerprint density at radius 3 is 2.40 bits per heavy atom. The molecule has 9 heteroatoms. The second-order valence-electron chi connectivity index (χ2n) is 5.12. The summed E-state index contributed by atoms with van der Waals surface area (Å²) in [6, 6.07) is 6.24. The zero-order valence-electron chi connectivity index (χ0n) is 13.7. The van der Waals surface area contributed by atoms with Crippen LogP contribution in [0.2, 0.25) is 0 Å². The van der Waals surface area contributed by atoms with E-state index in [-0.39, 0.29) is 10.5 Å². The van der Waals surface area contributed by atoms with Crippen molar-refractivity contribution in [2.24, 2.45) is 0 Å². The molecule has 1 aromatic rings. The molecule has 1 unspecified atom stereocenters. The smallest absolute Gasteiger partial charge is 0.341 e. The fourth-order valence-corrected chi connectivity index (χ4v) is 3.20. The molecule has 0 saturated heterocycles. The van der Waals surface area contributed by atoms with Gasteiger partial charge in [0.05, 0.1) is 11.3 Å². The van der Waals surface area contributed by atoms with E-state index < -0.39 is 46.2 Å². The van der Waals surface area contributed by atoms with Crippen molar-refractivity contribution < 1.29 is 37.4 Å². The predicted octanol–water partition coefficient (Wildman–Crippen LogP) is 1.23. The van der Waals surface area contributed by atoms with Crippen molar-refractivity contribution in [1.82, 2.24) is 0 Å². The number of rotatable bonds is 8. The van der Waals surface area contributed by atoms with Crippen LogP contribution in [0.15, 0.2) is 41.3 Å². The maximum Gasteiger partial charge on any atom is 0.341 e. The number of aliphatic carboxylic acids is 1. The number of carboxylic acid groups (broad SMARTS) is 1. The molecule has 1 N–H and O–H groups in total. The summed E-state index contributed by atoms with van der Waals surface area (Å²) in [4.78, 5) is 33.6. The first-order chi connectivity index (χ1) is 11.6. The SMILES string of the molecule is C=C(CC(=O)OC(C)S(=O)(=O)c1ccccc1C)C(=O)OCC(=O)O. The van der Waals surface area contributed by atoms with Gasteiger partial charge >= 0.3 is 17.9 Å². The van der Waals surface area contributed by atoms with Gasteiger partial charge in [0.15, 0.2) is 6.61 Å². The Bertz CT molecular complexity index is 794. The number of hydrogen-bond donors (Lipinski definition) is 1. The molecule has 1 atom stereocenters. The Balaban J connectivity index is 2.70. The minimum absolute atomic E-state index is 0.0370. The van der Waals surface area contributed by atoms with E-state index in [1.54, 1.807) is 25.1 Å². The lowest BCUT2D eigenvalue weighted by Gasteiger charge is -2.16. The van der Waals surface area contributed by atoms with Gasteiger partial charge in [-0.15, -0.1) is 0 Å². The molecule has 1 rings (SSSR count). The second-order valence-corrected chi connectivity index (χ2v) is 7.31. The van der Waals surface area contributed by atoms with Gasteiger partial charge in [-0.3, -0.25) is 4.79 Å². The quantitative estimate of drug-likeness (QED) is 0.535. The van der Waals surface area contributed by atoms with Crippen molar-refractivity contribution in [3.8, 4) is 0 Å². The molecule has 136 valence electrons. The molecule has 0 bridgehead atoms. The highest BCUT2D eigenvalue weighted by atomic mass is 32.2. The van der Waals surface area contributed by atoms with Crippen LogP contribution in [-0.4, -0.2) is 43.5 Å². The van der Waals surface area contributed by atoms with Gasteiger partial charge in [-0.1, -0.05) is 24.8 Å². The van der Waals surface area contributed by atoms with Crippen LogP contribution in [0.5, 0.6) is 0 Å². The number of aryl methyl sites for hydroxylation is 1. The van der Waals surface area contributed by atoms with Crippen LogP contribution in [-0.2, 0) is 33.7 Å². The summed E-state index contributed by atoms with van der Waals surface area (Å²) in [5, 5.41) is 8.40. The summed E-state index contributed by atoms with van der Waals surface area (Å²) in [5.74, 6) is -3.43. The van der Waals surface area contributed by atoms with E-state index in [4.69, 9.17) is 9.84 Å². The lowest BCUT2D eigenvalue weighted by Crippen LogP contribution is -2.26. The minimum atomic E-state index is -3.91. The highest BCUT2D eigenvalue weighted by Crippen LogP contribution is 2.21. The van der Waals surface area contributed by atoms with Crippen LogP contribution in [0.1, 0.15) is 18.9 Å². The Kier molecular flexibility index (Phi) is 6.86. The van der Waals surface area contributed by atoms with Crippen molar-refractivity contribution in [3.63, 3.8) is 0 Å². The number of carbonyl (C=O) groups excluding carboxylic acids is 2. The lowest BCUT2D eigenvalue weighted by atomic mass is 10.2. The van der Waals surface area contributed by atoms with Crippen LogP contribution in [0.4, 0.5) is 0 Å². The van der Waals surface area contributed by atoms with Crippen LogP contribution < -0.4 is 0 Å². The van der Waals surface area contributed by atoms with Gasteiger partial charge in [0.2, 0.25) is 15.3 Å². The molecule has 0 aliphatic heterocycles. The standard InChI is InChI=1S/C16H18O8S/c1-10-6-4-5-7-13(10)25(21,22)12(3)24-15(19)8-11(2)16(20)23-9-14(17)18/h4-7,12H,2,8-9H2,1,3H3,(H,17,18). The summed E-state index contributed by atoms with van der Waals surface area (Å²) < 4.78 is 34.1. The monoisotopic (exact) mass is 370 g/mol. The van der Waals surface area contributed by atoms with Gasteiger partial charge in [-0.25, -0.2) is 18.0 Å². The zero-order chi connectivity index (χ0) is 19.2. The van der Waals surface area contributed by atoms with Crippen LogP contribution in [0, 0.1) is 6.92 Å². The number of carbonyl (C=O) groups is 3. The van der Waals surface area contributed by atoms with Gasteiger partial charge in [0.1, 0.15) is 0 Å². The second kappa shape index (κ2) is 8.43. The van der Waals surface area contributed by atoms with Crippen LogP contribution >= 0.6 is 0 Å². The molecule has 0 radical (unpaired) electrons. The van der Waals surface area contributed by atoms with Crippen LogP contribution in [0.3, 0.4) is 0 Å². The van der Waals surface area contributed by atoms with E-state index in [2.05, 4.69) is 11.3 Å². The summed E-state index contributed by atoms with van der Waals surface area (Å²) in [6.07, 6.45) is -0.619. The third-order valence-electron chi connectivity index (χ3n) is 3.11. The van der Waals surface area contributed by atoms with Crippen molar-refractivity contribution in [2.45, 2.75) is 30.6 Å². The third-order valence-corrected chi connectivity index (χ3v) is 5.15. The summed E-state index contributed by atoms with van der Waals surface area (Å²) >= 11 is 0. The van der Waals surface area contributed by atoms with Gasteiger partial charge in [0.25, 0.3) is 0 Å². The normalized spacial score (nSPS) is 12.1. The highest BCUT2D eigenvalue weighted by Gasteiger charge is 2.28. The summed E-state index contributed by atoms with van der Waals surface area (Å²) in [5.41, 5.74) is -1.30. The molecular formula is C16H18O8S. The van der Waals surface area contributed by atoms with Gasteiger partial charge in [-0.2, -0.15) is 0 Å². The fourth-order valence-electron chi connectivity index (χ4n) is 1.82. The maximum absolute atomic E-state index is 12.4. The Morgan fingerprint density at radius 1 is 1.24 bits per heavy atom. The Labute approximate surface area is 145 Å². The lowest BCUT2D eigenvalue weighted by molar-refractivity contribution is -0.153. The number of esters is 2. The molecule has 0 aromatic heterocycles. The van der Waals surface area contributed by atoms with Gasteiger partial charge in [-0.05, 0) is 25.5 Å². The molecule has 0 aliphatic carbocycles. The Morgan fingerprint density at radius 2 is 1.84 bits per heavy atom. The first kappa shape index (κ1) is 20.4. The van der Waals surface area contributed by atoms with Crippen molar-refractivity contribution in [2.75, 3.05) is 6.61 Å². The van der Waals surface area contributed by atoms with E-state index in [9.17, 15) is 22.8 Å². The van der Waals surface area contributed by atoms with E-state index in [0.29, 0.717) is 5.56 Å². The number of carboxylic acids is 1. The van der Waals surface area contributed by atoms with Crippen molar-refractivity contribution >= 4 is 27.7 Å². The first-order valence-corrected chi connectivity index (χ1v) is 8.66. The van der Waals surface area contributed by atoms with Gasteiger partial charge < -0.3 is 14.6 Å². The Hall–Kier alpha value is -2.68. The minimum Gasteiger partial charge on any atom is -0.479 e.